The molecule has 1 heterocycles. The summed E-state index contributed by atoms with van der Waals surface area (Å²) in [5.74, 6) is 1.40. The SMILES string of the molecule is CCC1CN(C(=O)c2cc(Cl)c(N)cc2OC)CCS1. The van der Waals surface area contributed by atoms with Crippen LogP contribution in [0.4, 0.5) is 5.69 Å². The smallest absolute Gasteiger partial charge is 0.257 e. The van der Waals surface area contributed by atoms with E-state index in [1.54, 1.807) is 12.1 Å². The van der Waals surface area contributed by atoms with Crippen molar-refractivity contribution in [2.45, 2.75) is 18.6 Å². The number of hydrogen-bond acceptors (Lipinski definition) is 4. The van der Waals surface area contributed by atoms with Crippen molar-refractivity contribution < 1.29 is 9.53 Å². The van der Waals surface area contributed by atoms with Gasteiger partial charge in [0.15, 0.2) is 0 Å². The van der Waals surface area contributed by atoms with E-state index in [4.69, 9.17) is 22.1 Å². The van der Waals surface area contributed by atoms with Crippen molar-refractivity contribution in [2.75, 3.05) is 31.7 Å². The first kappa shape index (κ1) is 15.3. The number of nitrogens with zero attached hydrogens (tertiary/aromatic N) is 1. The molecule has 1 atom stereocenters. The largest absolute Gasteiger partial charge is 0.496 e. The Bertz CT molecular complexity index is 510. The summed E-state index contributed by atoms with van der Waals surface area (Å²) in [6.07, 6.45) is 1.06. The van der Waals surface area contributed by atoms with Gasteiger partial charge in [-0.15, -0.1) is 0 Å². The van der Waals surface area contributed by atoms with E-state index in [9.17, 15) is 4.79 Å². The van der Waals surface area contributed by atoms with Gasteiger partial charge in [0.25, 0.3) is 5.91 Å². The Hall–Kier alpha value is -1.07. The maximum atomic E-state index is 12.6. The van der Waals surface area contributed by atoms with Gasteiger partial charge < -0.3 is 15.4 Å². The van der Waals surface area contributed by atoms with Crippen molar-refractivity contribution in [3.63, 3.8) is 0 Å². The fourth-order valence-corrected chi connectivity index (χ4v) is 3.57. The molecule has 110 valence electrons. The second kappa shape index (κ2) is 6.59. The van der Waals surface area contributed by atoms with Crippen molar-refractivity contribution >= 4 is 35.0 Å². The van der Waals surface area contributed by atoms with Gasteiger partial charge in [0.05, 0.1) is 23.4 Å². The summed E-state index contributed by atoms with van der Waals surface area (Å²) >= 11 is 7.95. The van der Waals surface area contributed by atoms with Gasteiger partial charge in [0.1, 0.15) is 5.75 Å². The lowest BCUT2D eigenvalue weighted by atomic mass is 10.1. The summed E-state index contributed by atoms with van der Waals surface area (Å²) < 4.78 is 5.25. The predicted molar refractivity (Wildman–Crippen MR) is 84.9 cm³/mol. The lowest BCUT2D eigenvalue weighted by molar-refractivity contribution is 0.0757. The summed E-state index contributed by atoms with van der Waals surface area (Å²) in [7, 11) is 1.53. The molecule has 0 aliphatic carbocycles. The molecule has 2 N–H and O–H groups in total. The van der Waals surface area contributed by atoms with Crippen LogP contribution in [-0.2, 0) is 0 Å². The molecule has 1 aromatic rings. The molecule has 1 saturated heterocycles. The molecule has 1 unspecified atom stereocenters. The minimum atomic E-state index is -0.0394. The molecule has 1 aromatic carbocycles. The molecule has 1 fully saturated rings. The first-order valence-electron chi connectivity index (χ1n) is 6.60. The number of ether oxygens (including phenoxy) is 1. The Kier molecular flexibility index (Phi) is 5.05. The van der Waals surface area contributed by atoms with Crippen molar-refractivity contribution in [1.29, 1.82) is 0 Å². The van der Waals surface area contributed by atoms with Crippen LogP contribution in [0.1, 0.15) is 23.7 Å². The highest BCUT2D eigenvalue weighted by Crippen LogP contribution is 2.31. The number of rotatable bonds is 3. The van der Waals surface area contributed by atoms with E-state index in [1.807, 2.05) is 16.7 Å². The highest BCUT2D eigenvalue weighted by molar-refractivity contribution is 8.00. The van der Waals surface area contributed by atoms with Gasteiger partial charge in [-0.1, -0.05) is 18.5 Å². The summed E-state index contributed by atoms with van der Waals surface area (Å²) in [5, 5.41) is 0.885. The van der Waals surface area contributed by atoms with Crippen LogP contribution in [0.15, 0.2) is 12.1 Å². The van der Waals surface area contributed by atoms with E-state index in [1.165, 1.54) is 7.11 Å². The summed E-state index contributed by atoms with van der Waals surface area (Å²) in [4.78, 5) is 14.5. The Morgan fingerprint density at radius 1 is 1.60 bits per heavy atom. The van der Waals surface area contributed by atoms with Crippen LogP contribution in [0.5, 0.6) is 5.75 Å². The Morgan fingerprint density at radius 3 is 3.00 bits per heavy atom. The lowest BCUT2D eigenvalue weighted by Crippen LogP contribution is -2.41. The second-order valence-electron chi connectivity index (χ2n) is 4.73. The molecule has 20 heavy (non-hydrogen) atoms. The minimum absolute atomic E-state index is 0.0394. The maximum absolute atomic E-state index is 12.6. The molecule has 1 amide bonds. The first-order chi connectivity index (χ1) is 9.56. The molecular formula is C14H19ClN2O2S. The molecule has 0 saturated carbocycles. The van der Waals surface area contributed by atoms with Gasteiger partial charge in [0.2, 0.25) is 0 Å². The number of carbonyl (C=O) groups excluding carboxylic acids is 1. The molecule has 1 aliphatic heterocycles. The van der Waals surface area contributed by atoms with E-state index >= 15 is 0 Å². The quantitative estimate of drug-likeness (QED) is 0.872. The third kappa shape index (κ3) is 3.15. The number of anilines is 1. The van der Waals surface area contributed by atoms with Gasteiger partial charge in [-0.2, -0.15) is 11.8 Å². The van der Waals surface area contributed by atoms with Crippen LogP contribution in [0.3, 0.4) is 0 Å². The van der Waals surface area contributed by atoms with Gasteiger partial charge >= 0.3 is 0 Å². The Balaban J connectivity index is 2.26. The standard InChI is InChI=1S/C14H19ClN2O2S/c1-3-9-8-17(4-5-20-9)14(18)10-6-11(15)12(16)7-13(10)19-2/h6-7,9H,3-5,8,16H2,1-2H3. The van der Waals surface area contributed by atoms with Crippen LogP contribution in [0.25, 0.3) is 0 Å². The van der Waals surface area contributed by atoms with Gasteiger partial charge in [0, 0.05) is 30.2 Å². The fourth-order valence-electron chi connectivity index (χ4n) is 2.23. The predicted octanol–water partition coefficient (Wildman–Crippen LogP) is 2.90. The zero-order chi connectivity index (χ0) is 14.7. The highest BCUT2D eigenvalue weighted by atomic mass is 35.5. The van der Waals surface area contributed by atoms with Gasteiger partial charge in [-0.25, -0.2) is 0 Å². The van der Waals surface area contributed by atoms with Crippen molar-refractivity contribution in [3.05, 3.63) is 22.7 Å². The highest BCUT2D eigenvalue weighted by Gasteiger charge is 2.26. The number of halogens is 1. The monoisotopic (exact) mass is 314 g/mol. The first-order valence-corrected chi connectivity index (χ1v) is 8.03. The van der Waals surface area contributed by atoms with Gasteiger partial charge in [-0.05, 0) is 12.5 Å². The normalized spacial score (nSPS) is 18.9. The average molecular weight is 315 g/mol. The van der Waals surface area contributed by atoms with E-state index in [0.717, 1.165) is 25.3 Å². The number of nitrogen functional groups attached to an aromatic ring is 1. The van der Waals surface area contributed by atoms with Crippen LogP contribution >= 0.6 is 23.4 Å². The molecule has 0 bridgehead atoms. The molecule has 0 aromatic heterocycles. The number of benzene rings is 1. The molecule has 1 aliphatic rings. The zero-order valence-corrected chi connectivity index (χ0v) is 13.3. The van der Waals surface area contributed by atoms with Crippen molar-refractivity contribution in [3.8, 4) is 5.75 Å². The van der Waals surface area contributed by atoms with E-state index in [2.05, 4.69) is 6.92 Å². The Labute approximate surface area is 128 Å². The molecule has 4 nitrogen and oxygen atoms in total. The molecule has 0 spiro atoms. The summed E-state index contributed by atoms with van der Waals surface area (Å²) in [5.41, 5.74) is 6.64. The third-order valence-electron chi connectivity index (χ3n) is 3.43. The zero-order valence-electron chi connectivity index (χ0n) is 11.7. The van der Waals surface area contributed by atoms with Crippen LogP contribution in [0, 0.1) is 0 Å². The maximum Gasteiger partial charge on any atom is 0.257 e. The van der Waals surface area contributed by atoms with Crippen LogP contribution < -0.4 is 10.5 Å². The van der Waals surface area contributed by atoms with E-state index in [0.29, 0.717) is 27.3 Å². The van der Waals surface area contributed by atoms with E-state index < -0.39 is 0 Å². The lowest BCUT2D eigenvalue weighted by Gasteiger charge is -2.32. The second-order valence-corrected chi connectivity index (χ2v) is 6.54. The van der Waals surface area contributed by atoms with Crippen LogP contribution in [-0.4, -0.2) is 42.0 Å². The van der Waals surface area contributed by atoms with Crippen molar-refractivity contribution in [1.82, 2.24) is 4.90 Å². The fraction of sp³-hybridized carbons (Fsp3) is 0.500. The number of methoxy groups -OCH3 is 1. The molecule has 6 heteroatoms. The minimum Gasteiger partial charge on any atom is -0.496 e. The number of hydrogen-bond donors (Lipinski definition) is 1. The number of carbonyl (C=O) groups is 1. The van der Waals surface area contributed by atoms with Crippen molar-refractivity contribution in [2.24, 2.45) is 0 Å². The summed E-state index contributed by atoms with van der Waals surface area (Å²) in [6.45, 7) is 3.67. The van der Waals surface area contributed by atoms with E-state index in [-0.39, 0.29) is 5.91 Å². The molecule has 0 radical (unpaired) electrons. The molecular weight excluding hydrogens is 296 g/mol. The summed E-state index contributed by atoms with van der Waals surface area (Å²) in [6, 6.07) is 3.20. The number of nitrogens with two attached hydrogens (primary N) is 1. The van der Waals surface area contributed by atoms with Crippen LogP contribution in [0.2, 0.25) is 5.02 Å². The third-order valence-corrected chi connectivity index (χ3v) is 5.13. The average Bonchev–Trinajstić information content (AvgIpc) is 2.48. The number of amides is 1. The number of thioether (sulfide) groups is 1. The topological polar surface area (TPSA) is 55.6 Å². The van der Waals surface area contributed by atoms with Gasteiger partial charge in [-0.3, -0.25) is 4.79 Å². The molecule has 2 rings (SSSR count). The Morgan fingerprint density at radius 2 is 2.35 bits per heavy atom.